The summed E-state index contributed by atoms with van der Waals surface area (Å²) in [6, 6.07) is 8.06. The third-order valence-corrected chi connectivity index (χ3v) is 8.39. The molecule has 41 heavy (non-hydrogen) atoms. The van der Waals surface area contributed by atoms with Gasteiger partial charge < -0.3 is 24.6 Å². The number of rotatable bonds is 14. The van der Waals surface area contributed by atoms with Crippen LogP contribution in [0.2, 0.25) is 10.0 Å². The lowest BCUT2D eigenvalue weighted by Crippen LogP contribution is -2.34. The number of phenolic OH excluding ortho intramolecular Hbond substituents is 1. The Morgan fingerprint density at radius 1 is 1.05 bits per heavy atom. The lowest BCUT2D eigenvalue weighted by Gasteiger charge is -2.24. The summed E-state index contributed by atoms with van der Waals surface area (Å²) in [5.41, 5.74) is 2.12. The zero-order valence-electron chi connectivity index (χ0n) is 23.8. The van der Waals surface area contributed by atoms with E-state index in [-0.39, 0.29) is 36.4 Å². The van der Waals surface area contributed by atoms with E-state index in [1.807, 2.05) is 13.1 Å². The summed E-state index contributed by atoms with van der Waals surface area (Å²) in [6.07, 6.45) is 1.00. The maximum absolute atomic E-state index is 12.8. The van der Waals surface area contributed by atoms with E-state index in [0.29, 0.717) is 41.9 Å². The zero-order chi connectivity index (χ0) is 30.2. The zero-order valence-corrected chi connectivity index (χ0v) is 26.2. The second-order valence-corrected chi connectivity index (χ2v) is 13.5. The fraction of sp³-hybridized carbons (Fsp3) is 0.536. The molecule has 1 aliphatic carbocycles. The quantitative estimate of drug-likeness (QED) is 0.266. The summed E-state index contributed by atoms with van der Waals surface area (Å²) < 4.78 is 44.1. The van der Waals surface area contributed by atoms with Crippen LogP contribution in [0.5, 0.6) is 5.75 Å². The average molecular weight is 633 g/mol. The fourth-order valence-corrected chi connectivity index (χ4v) is 6.06. The highest BCUT2D eigenvalue weighted by molar-refractivity contribution is 7.89. The van der Waals surface area contributed by atoms with Crippen molar-refractivity contribution in [3.05, 3.63) is 57.1 Å². The number of likely N-dealkylation sites (N-methyl/N-ethyl adjacent to an activating group) is 1. The predicted octanol–water partition coefficient (Wildman–Crippen LogP) is 4.13. The number of phenols is 1. The number of benzene rings is 2. The monoisotopic (exact) mass is 631 g/mol. The smallest absolute Gasteiger partial charge is 0.407 e. The molecule has 0 saturated heterocycles. The van der Waals surface area contributed by atoms with Gasteiger partial charge in [0.2, 0.25) is 10.0 Å². The van der Waals surface area contributed by atoms with Gasteiger partial charge in [0.15, 0.2) is 0 Å². The van der Waals surface area contributed by atoms with Crippen LogP contribution in [0.3, 0.4) is 0 Å². The van der Waals surface area contributed by atoms with Gasteiger partial charge in [-0.3, -0.25) is 4.90 Å². The van der Waals surface area contributed by atoms with Crippen LogP contribution in [-0.4, -0.2) is 82.7 Å². The lowest BCUT2D eigenvalue weighted by molar-refractivity contribution is 0.0408. The molecule has 3 N–H and O–H groups in total. The summed E-state index contributed by atoms with van der Waals surface area (Å²) in [6.45, 7) is 7.10. The molecule has 0 heterocycles. The van der Waals surface area contributed by atoms with Crippen molar-refractivity contribution in [1.29, 1.82) is 0 Å². The summed E-state index contributed by atoms with van der Waals surface area (Å²) >= 11 is 12.5. The number of nitrogens with one attached hydrogen (secondary N) is 2. The Bertz CT molecular complexity index is 1300. The minimum Gasteiger partial charge on any atom is -0.508 e. The van der Waals surface area contributed by atoms with Crippen LogP contribution in [0, 0.1) is 0 Å². The molecule has 0 unspecified atom stereocenters. The van der Waals surface area contributed by atoms with Crippen molar-refractivity contribution in [2.45, 2.75) is 56.7 Å². The number of sulfonamides is 1. The number of ether oxygens (including phenoxy) is 3. The normalized spacial score (nSPS) is 15.2. The van der Waals surface area contributed by atoms with Crippen molar-refractivity contribution in [3.63, 3.8) is 0 Å². The second-order valence-electron chi connectivity index (χ2n) is 10.8. The Hall–Kier alpha value is -2.12. The van der Waals surface area contributed by atoms with Crippen LogP contribution in [0.1, 0.15) is 37.5 Å². The van der Waals surface area contributed by atoms with Crippen molar-refractivity contribution < 1.29 is 32.5 Å². The number of hydrogen-bond donors (Lipinski definition) is 3. The van der Waals surface area contributed by atoms with Crippen molar-refractivity contribution >= 4 is 39.3 Å². The van der Waals surface area contributed by atoms with Crippen molar-refractivity contribution in [2.75, 3.05) is 46.6 Å². The molecule has 0 saturated carbocycles. The first-order chi connectivity index (χ1) is 19.2. The fourth-order valence-electron chi connectivity index (χ4n) is 4.39. The lowest BCUT2D eigenvalue weighted by atomic mass is 10.1. The van der Waals surface area contributed by atoms with E-state index in [4.69, 9.17) is 37.4 Å². The average Bonchev–Trinajstić information content (AvgIpc) is 3.30. The van der Waals surface area contributed by atoms with Crippen molar-refractivity contribution in [1.82, 2.24) is 14.9 Å². The number of nitrogens with zero attached hydrogens (tertiary/aromatic N) is 1. The number of carbonyl (C=O) groups is 1. The van der Waals surface area contributed by atoms with Gasteiger partial charge in [0.25, 0.3) is 0 Å². The molecule has 10 nitrogen and oxygen atoms in total. The molecule has 0 spiro atoms. The number of hydrogen-bond acceptors (Lipinski definition) is 8. The van der Waals surface area contributed by atoms with Crippen molar-refractivity contribution in [2.24, 2.45) is 0 Å². The summed E-state index contributed by atoms with van der Waals surface area (Å²) in [5.74, 6) is 0.0250. The van der Waals surface area contributed by atoms with Crippen molar-refractivity contribution in [3.8, 4) is 5.75 Å². The molecule has 2 aromatic carbocycles. The number of halogens is 2. The molecule has 1 aliphatic rings. The largest absolute Gasteiger partial charge is 0.508 e. The maximum Gasteiger partial charge on any atom is 0.407 e. The SMILES string of the molecule is CN(Cc1cc(S(=O)(=O)NCCOCCOCCNC(=O)OC(C)(C)C)ccc1O)[C@@H]1Cc2cc(Cl)cc(Cl)c2C1. The minimum absolute atomic E-state index is 0.0250. The molecule has 0 radical (unpaired) electrons. The Morgan fingerprint density at radius 2 is 1.73 bits per heavy atom. The highest BCUT2D eigenvalue weighted by Crippen LogP contribution is 2.34. The van der Waals surface area contributed by atoms with Gasteiger partial charge in [-0.25, -0.2) is 17.9 Å². The van der Waals surface area contributed by atoms with Gasteiger partial charge in [0.1, 0.15) is 11.4 Å². The van der Waals surface area contributed by atoms with Crippen LogP contribution in [0.25, 0.3) is 0 Å². The van der Waals surface area contributed by atoms with Crippen LogP contribution >= 0.6 is 23.2 Å². The van der Waals surface area contributed by atoms with Gasteiger partial charge in [-0.15, -0.1) is 0 Å². The van der Waals surface area contributed by atoms with Crippen LogP contribution in [-0.2, 0) is 43.6 Å². The number of amides is 1. The van der Waals surface area contributed by atoms with Gasteiger partial charge in [0.05, 0.1) is 31.3 Å². The number of carbonyl (C=O) groups excluding carboxylic acids is 1. The highest BCUT2D eigenvalue weighted by Gasteiger charge is 2.28. The van der Waals surface area contributed by atoms with Gasteiger partial charge in [0, 0.05) is 41.3 Å². The highest BCUT2D eigenvalue weighted by atomic mass is 35.5. The summed E-state index contributed by atoms with van der Waals surface area (Å²) in [5, 5.41) is 14.3. The van der Waals surface area contributed by atoms with Gasteiger partial charge >= 0.3 is 6.09 Å². The topological polar surface area (TPSA) is 126 Å². The third-order valence-electron chi connectivity index (χ3n) is 6.38. The molecule has 228 valence electrons. The first-order valence-electron chi connectivity index (χ1n) is 13.4. The van der Waals surface area contributed by atoms with Gasteiger partial charge in [-0.1, -0.05) is 23.2 Å². The molecule has 0 aliphatic heterocycles. The van der Waals surface area contributed by atoms with Gasteiger partial charge in [-0.2, -0.15) is 0 Å². The molecule has 1 amide bonds. The van der Waals surface area contributed by atoms with E-state index in [2.05, 4.69) is 14.9 Å². The first-order valence-corrected chi connectivity index (χ1v) is 15.6. The molecule has 13 heteroatoms. The van der Waals surface area contributed by atoms with Crippen LogP contribution in [0.15, 0.2) is 35.2 Å². The van der Waals surface area contributed by atoms with Crippen LogP contribution in [0.4, 0.5) is 4.79 Å². The molecule has 1 atom stereocenters. The van der Waals surface area contributed by atoms with E-state index in [0.717, 1.165) is 24.0 Å². The second kappa shape index (κ2) is 14.9. The first kappa shape index (κ1) is 33.4. The van der Waals surface area contributed by atoms with Crippen LogP contribution < -0.4 is 10.0 Å². The summed E-state index contributed by atoms with van der Waals surface area (Å²) in [7, 11) is -1.88. The molecule has 0 bridgehead atoms. The molecule has 0 aromatic heterocycles. The maximum atomic E-state index is 12.8. The molecule has 3 rings (SSSR count). The number of aromatic hydroxyl groups is 1. The molecule has 2 aromatic rings. The van der Waals surface area contributed by atoms with E-state index in [1.54, 1.807) is 26.8 Å². The van der Waals surface area contributed by atoms with E-state index < -0.39 is 21.7 Å². The Kier molecular flexibility index (Phi) is 12.1. The predicted molar refractivity (Wildman–Crippen MR) is 158 cm³/mol. The third kappa shape index (κ3) is 10.6. The number of fused-ring (bicyclic) bond motifs is 1. The van der Waals surface area contributed by atoms with E-state index in [1.165, 1.54) is 18.2 Å². The molecular weight excluding hydrogens is 593 g/mol. The standard InChI is InChI=1S/C28H39Cl2N3O7S/c1-28(2,3)40-27(35)31-7-9-38-11-12-39-10-8-32-41(36,37)23-5-6-26(34)20(15-23)18-33(4)22-14-19-13-21(29)16-25(30)24(19)17-22/h5-6,13,15-16,22,32,34H,7-12,14,17-18H2,1-4H3,(H,31,35)/t22-/m1/s1. The Balaban J connectivity index is 1.38. The Labute approximate surface area is 252 Å². The van der Waals surface area contributed by atoms with E-state index in [9.17, 15) is 18.3 Å². The minimum atomic E-state index is -3.81. The molecular formula is C28H39Cl2N3O7S. The van der Waals surface area contributed by atoms with Gasteiger partial charge in [-0.05, 0) is 82.1 Å². The Morgan fingerprint density at radius 3 is 2.41 bits per heavy atom. The number of alkyl carbamates (subject to hydrolysis) is 1. The van der Waals surface area contributed by atoms with E-state index >= 15 is 0 Å². The summed E-state index contributed by atoms with van der Waals surface area (Å²) in [4.78, 5) is 13.7. The molecule has 0 fully saturated rings.